The van der Waals surface area contributed by atoms with Crippen molar-refractivity contribution in [3.63, 3.8) is 0 Å². The highest BCUT2D eigenvalue weighted by Crippen LogP contribution is 2.36. The minimum absolute atomic E-state index is 0.255. The average Bonchev–Trinajstić information content (AvgIpc) is 2.44. The van der Waals surface area contributed by atoms with Crippen molar-refractivity contribution in [3.8, 4) is 5.75 Å². The average molecular weight is 291 g/mol. The van der Waals surface area contributed by atoms with Gasteiger partial charge in [-0.3, -0.25) is 4.79 Å². The number of carbonyl (C=O) groups excluding carboxylic acids is 1. The molecular weight excluding hydrogens is 270 g/mol. The topological polar surface area (TPSA) is 66.8 Å². The van der Waals surface area contributed by atoms with Gasteiger partial charge >= 0.3 is 5.97 Å². The van der Waals surface area contributed by atoms with E-state index in [1.54, 1.807) is 24.3 Å². The molecule has 21 heavy (non-hydrogen) atoms. The number of ether oxygens (including phenoxy) is 1. The molecule has 0 aliphatic carbocycles. The Morgan fingerprint density at radius 3 is 2.71 bits per heavy atom. The number of carboxylic acid groups (broad SMARTS) is 1. The number of rotatable bonds is 3. The van der Waals surface area contributed by atoms with E-state index in [0.717, 1.165) is 12.8 Å². The fourth-order valence-corrected chi connectivity index (χ4v) is 3.00. The van der Waals surface area contributed by atoms with E-state index in [4.69, 9.17) is 4.74 Å². The maximum atomic E-state index is 12.7. The molecule has 1 N–H and O–H groups in total. The van der Waals surface area contributed by atoms with Gasteiger partial charge in [-0.05, 0) is 36.5 Å². The number of amides is 1. The Labute approximate surface area is 124 Å². The van der Waals surface area contributed by atoms with Gasteiger partial charge in [0.15, 0.2) is 0 Å². The van der Waals surface area contributed by atoms with Gasteiger partial charge < -0.3 is 14.7 Å². The van der Waals surface area contributed by atoms with Gasteiger partial charge in [0.25, 0.3) is 5.91 Å². The van der Waals surface area contributed by atoms with Crippen LogP contribution < -0.4 is 4.74 Å². The number of aliphatic carboxylic acids is 1. The minimum Gasteiger partial charge on any atom is -0.497 e. The highest BCUT2D eigenvalue weighted by molar-refractivity contribution is 5.97. The first-order chi connectivity index (χ1) is 9.86. The summed E-state index contributed by atoms with van der Waals surface area (Å²) >= 11 is 0. The first-order valence-electron chi connectivity index (χ1n) is 7.04. The standard InChI is InChI=1S/C16H21NO4/c1-16(2)8-5-9-17(13(16)15(19)20)14(18)11-6-4-7-12(10-11)21-3/h4,6-7,10,13H,5,8-9H2,1-3H3,(H,19,20). The zero-order valence-electron chi connectivity index (χ0n) is 12.6. The normalized spacial score (nSPS) is 20.9. The van der Waals surface area contributed by atoms with E-state index >= 15 is 0 Å². The second kappa shape index (κ2) is 5.76. The predicted molar refractivity (Wildman–Crippen MR) is 78.5 cm³/mol. The van der Waals surface area contributed by atoms with Gasteiger partial charge in [0.05, 0.1) is 7.11 Å². The maximum absolute atomic E-state index is 12.7. The van der Waals surface area contributed by atoms with Crippen molar-refractivity contribution in [2.24, 2.45) is 5.41 Å². The smallest absolute Gasteiger partial charge is 0.326 e. The lowest BCUT2D eigenvalue weighted by atomic mass is 9.76. The molecule has 0 radical (unpaired) electrons. The van der Waals surface area contributed by atoms with Crippen molar-refractivity contribution < 1.29 is 19.4 Å². The first kappa shape index (κ1) is 15.4. The van der Waals surface area contributed by atoms with Crippen LogP contribution in [-0.2, 0) is 4.79 Å². The lowest BCUT2D eigenvalue weighted by Gasteiger charge is -2.44. The van der Waals surface area contributed by atoms with Crippen molar-refractivity contribution >= 4 is 11.9 Å². The summed E-state index contributed by atoms with van der Waals surface area (Å²) in [6.07, 6.45) is 1.61. The van der Waals surface area contributed by atoms with Gasteiger partial charge in [-0.25, -0.2) is 4.79 Å². The molecule has 1 unspecified atom stereocenters. The number of likely N-dealkylation sites (tertiary alicyclic amines) is 1. The summed E-state index contributed by atoms with van der Waals surface area (Å²) < 4.78 is 5.12. The molecule has 114 valence electrons. The van der Waals surface area contributed by atoms with E-state index < -0.39 is 17.4 Å². The Morgan fingerprint density at radius 1 is 1.38 bits per heavy atom. The summed E-state index contributed by atoms with van der Waals surface area (Å²) in [6, 6.07) is 6.02. The predicted octanol–water partition coefficient (Wildman–Crippen LogP) is 2.41. The molecule has 1 aromatic carbocycles. The summed E-state index contributed by atoms with van der Waals surface area (Å²) in [5.74, 6) is -0.617. The van der Waals surface area contributed by atoms with Crippen molar-refractivity contribution in [1.29, 1.82) is 0 Å². The summed E-state index contributed by atoms with van der Waals surface area (Å²) in [7, 11) is 1.54. The van der Waals surface area contributed by atoms with E-state index in [1.807, 2.05) is 13.8 Å². The summed E-state index contributed by atoms with van der Waals surface area (Å²) in [5, 5.41) is 9.52. The highest BCUT2D eigenvalue weighted by Gasteiger charge is 2.44. The Bertz CT molecular complexity index is 553. The Morgan fingerprint density at radius 2 is 2.10 bits per heavy atom. The molecule has 1 aliphatic rings. The van der Waals surface area contributed by atoms with Crippen molar-refractivity contribution in [1.82, 2.24) is 4.90 Å². The summed E-state index contributed by atoms with van der Waals surface area (Å²) in [6.45, 7) is 4.27. The van der Waals surface area contributed by atoms with E-state index in [2.05, 4.69) is 0 Å². The van der Waals surface area contributed by atoms with Crippen LogP contribution in [0, 0.1) is 5.41 Å². The summed E-state index contributed by atoms with van der Waals surface area (Å²) in [4.78, 5) is 25.8. The second-order valence-corrected chi connectivity index (χ2v) is 6.06. The van der Waals surface area contributed by atoms with E-state index in [-0.39, 0.29) is 5.91 Å². The zero-order valence-corrected chi connectivity index (χ0v) is 12.6. The van der Waals surface area contributed by atoms with E-state index in [0.29, 0.717) is 17.9 Å². The zero-order chi connectivity index (χ0) is 15.6. The molecule has 5 heteroatoms. The molecule has 1 fully saturated rings. The van der Waals surface area contributed by atoms with Gasteiger partial charge in [-0.15, -0.1) is 0 Å². The molecule has 0 saturated carbocycles. The second-order valence-electron chi connectivity index (χ2n) is 6.06. The molecule has 0 bridgehead atoms. The third-order valence-corrected chi connectivity index (χ3v) is 4.08. The lowest BCUT2D eigenvalue weighted by Crippen LogP contribution is -2.56. The van der Waals surface area contributed by atoms with Crippen molar-refractivity contribution in [2.45, 2.75) is 32.7 Å². The molecule has 2 rings (SSSR count). The van der Waals surface area contributed by atoms with E-state index in [1.165, 1.54) is 12.0 Å². The fourth-order valence-electron chi connectivity index (χ4n) is 3.00. The number of piperidine rings is 1. The van der Waals surface area contributed by atoms with Gasteiger partial charge in [0, 0.05) is 12.1 Å². The van der Waals surface area contributed by atoms with Crippen LogP contribution in [0.1, 0.15) is 37.0 Å². The van der Waals surface area contributed by atoms with Crippen LogP contribution in [0.3, 0.4) is 0 Å². The molecule has 5 nitrogen and oxygen atoms in total. The quantitative estimate of drug-likeness (QED) is 0.928. The molecule has 1 saturated heterocycles. The fraction of sp³-hybridized carbons (Fsp3) is 0.500. The Balaban J connectivity index is 2.33. The van der Waals surface area contributed by atoms with Gasteiger partial charge in [-0.1, -0.05) is 19.9 Å². The van der Waals surface area contributed by atoms with Crippen LogP contribution in [0.15, 0.2) is 24.3 Å². The Hall–Kier alpha value is -2.04. The van der Waals surface area contributed by atoms with Gasteiger partial charge in [0.1, 0.15) is 11.8 Å². The van der Waals surface area contributed by atoms with Crippen LogP contribution in [0.4, 0.5) is 0 Å². The van der Waals surface area contributed by atoms with Crippen molar-refractivity contribution in [3.05, 3.63) is 29.8 Å². The molecule has 0 aromatic heterocycles. The number of methoxy groups -OCH3 is 1. The molecule has 1 atom stereocenters. The maximum Gasteiger partial charge on any atom is 0.326 e. The molecule has 1 aromatic rings. The third-order valence-electron chi connectivity index (χ3n) is 4.08. The van der Waals surface area contributed by atoms with E-state index in [9.17, 15) is 14.7 Å². The van der Waals surface area contributed by atoms with Gasteiger partial charge in [-0.2, -0.15) is 0 Å². The monoisotopic (exact) mass is 291 g/mol. The largest absolute Gasteiger partial charge is 0.497 e. The number of carbonyl (C=O) groups is 2. The highest BCUT2D eigenvalue weighted by atomic mass is 16.5. The molecule has 1 aliphatic heterocycles. The molecule has 0 spiro atoms. The van der Waals surface area contributed by atoms with Gasteiger partial charge in [0.2, 0.25) is 0 Å². The number of nitrogens with zero attached hydrogens (tertiary/aromatic N) is 1. The Kier molecular flexibility index (Phi) is 4.21. The lowest BCUT2D eigenvalue weighted by molar-refractivity contribution is -0.148. The van der Waals surface area contributed by atoms with Crippen LogP contribution in [0.2, 0.25) is 0 Å². The number of hydrogen-bond acceptors (Lipinski definition) is 3. The third kappa shape index (κ3) is 3.01. The minimum atomic E-state index is -0.948. The molecule has 1 heterocycles. The number of benzene rings is 1. The van der Waals surface area contributed by atoms with Crippen LogP contribution in [0.25, 0.3) is 0 Å². The van der Waals surface area contributed by atoms with Crippen LogP contribution in [0.5, 0.6) is 5.75 Å². The molecule has 1 amide bonds. The number of hydrogen-bond donors (Lipinski definition) is 1. The SMILES string of the molecule is COc1cccc(C(=O)N2CCCC(C)(C)C2C(=O)O)c1. The van der Waals surface area contributed by atoms with Crippen LogP contribution >= 0.6 is 0 Å². The van der Waals surface area contributed by atoms with Crippen molar-refractivity contribution in [2.75, 3.05) is 13.7 Å². The summed E-state index contributed by atoms with van der Waals surface area (Å²) in [5.41, 5.74) is 0.0248. The first-order valence-corrected chi connectivity index (χ1v) is 7.04. The van der Waals surface area contributed by atoms with Crippen LogP contribution in [-0.4, -0.2) is 41.6 Å². The molecular formula is C16H21NO4. The number of carboxylic acids is 1.